The highest BCUT2D eigenvalue weighted by atomic mass is 32.1. The van der Waals surface area contributed by atoms with Gasteiger partial charge in [0.1, 0.15) is 10.7 Å². The van der Waals surface area contributed by atoms with Crippen molar-refractivity contribution in [3.05, 3.63) is 42.2 Å². The predicted molar refractivity (Wildman–Crippen MR) is 106 cm³/mol. The lowest BCUT2D eigenvalue weighted by molar-refractivity contribution is 0.500. The SMILES string of the molecule is Cc1nc(N/N=C2\CCC[C@@H](C)C2)c2cc(-c3ccccc3)sc2n1. The first-order chi connectivity index (χ1) is 12.2. The Morgan fingerprint density at radius 2 is 2.04 bits per heavy atom. The highest BCUT2D eigenvalue weighted by Crippen LogP contribution is 2.35. The second kappa shape index (κ2) is 6.92. The number of fused-ring (bicyclic) bond motifs is 1. The van der Waals surface area contributed by atoms with E-state index in [1.807, 2.05) is 13.0 Å². The van der Waals surface area contributed by atoms with Gasteiger partial charge in [-0.25, -0.2) is 9.97 Å². The molecule has 1 aromatic carbocycles. The number of hydrogen-bond acceptors (Lipinski definition) is 5. The molecule has 1 N–H and O–H groups in total. The fourth-order valence-corrected chi connectivity index (χ4v) is 4.43. The van der Waals surface area contributed by atoms with E-state index in [1.165, 1.54) is 29.0 Å². The van der Waals surface area contributed by atoms with Crippen molar-refractivity contribution >= 4 is 33.1 Å². The molecule has 0 aliphatic heterocycles. The summed E-state index contributed by atoms with van der Waals surface area (Å²) in [5.74, 6) is 2.31. The second-order valence-corrected chi connectivity index (χ2v) is 7.84. The van der Waals surface area contributed by atoms with Crippen LogP contribution in [0.25, 0.3) is 20.7 Å². The van der Waals surface area contributed by atoms with Gasteiger partial charge in [-0.05, 0) is 50.2 Å². The molecule has 1 atom stereocenters. The van der Waals surface area contributed by atoms with Gasteiger partial charge in [0.25, 0.3) is 0 Å². The number of anilines is 1. The zero-order valence-corrected chi connectivity index (χ0v) is 15.4. The first-order valence-corrected chi connectivity index (χ1v) is 9.66. The summed E-state index contributed by atoms with van der Waals surface area (Å²) in [6.07, 6.45) is 4.71. The summed E-state index contributed by atoms with van der Waals surface area (Å²) in [6.45, 7) is 4.23. The largest absolute Gasteiger partial charge is 0.261 e. The van der Waals surface area contributed by atoms with Gasteiger partial charge in [-0.1, -0.05) is 37.3 Å². The number of benzene rings is 1. The Bertz CT molecular complexity index is 914. The first kappa shape index (κ1) is 16.2. The van der Waals surface area contributed by atoms with Crippen molar-refractivity contribution < 1.29 is 0 Å². The molecule has 0 amide bonds. The maximum absolute atomic E-state index is 4.66. The molecule has 4 rings (SSSR count). The zero-order valence-electron chi connectivity index (χ0n) is 14.6. The topological polar surface area (TPSA) is 50.2 Å². The van der Waals surface area contributed by atoms with E-state index in [9.17, 15) is 0 Å². The van der Waals surface area contributed by atoms with E-state index in [1.54, 1.807) is 11.3 Å². The minimum absolute atomic E-state index is 0.729. The Kier molecular flexibility index (Phi) is 4.49. The lowest BCUT2D eigenvalue weighted by Crippen LogP contribution is -2.14. The lowest BCUT2D eigenvalue weighted by Gasteiger charge is -2.19. The molecule has 2 aromatic heterocycles. The Balaban J connectivity index is 1.68. The van der Waals surface area contributed by atoms with Crippen LogP contribution >= 0.6 is 11.3 Å². The summed E-state index contributed by atoms with van der Waals surface area (Å²) in [6, 6.07) is 12.6. The van der Waals surface area contributed by atoms with E-state index in [2.05, 4.69) is 57.8 Å². The molecule has 1 aliphatic carbocycles. The number of nitrogens with one attached hydrogen (secondary N) is 1. The Hall–Kier alpha value is -2.27. The van der Waals surface area contributed by atoms with Crippen molar-refractivity contribution in [3.8, 4) is 10.4 Å². The van der Waals surface area contributed by atoms with Crippen LogP contribution in [0.4, 0.5) is 5.82 Å². The van der Waals surface area contributed by atoms with Gasteiger partial charge in [0.15, 0.2) is 5.82 Å². The molecular weight excluding hydrogens is 328 g/mol. The van der Waals surface area contributed by atoms with Gasteiger partial charge < -0.3 is 0 Å². The van der Waals surface area contributed by atoms with Crippen molar-refractivity contribution in [1.29, 1.82) is 0 Å². The van der Waals surface area contributed by atoms with Crippen molar-refractivity contribution in [1.82, 2.24) is 9.97 Å². The molecule has 25 heavy (non-hydrogen) atoms. The maximum atomic E-state index is 4.66. The van der Waals surface area contributed by atoms with Crippen LogP contribution in [0.5, 0.6) is 0 Å². The van der Waals surface area contributed by atoms with E-state index in [0.717, 1.165) is 40.6 Å². The molecule has 0 spiro atoms. The normalized spacial score (nSPS) is 19.4. The van der Waals surface area contributed by atoms with Gasteiger partial charge in [0.2, 0.25) is 0 Å². The van der Waals surface area contributed by atoms with E-state index in [4.69, 9.17) is 0 Å². The summed E-state index contributed by atoms with van der Waals surface area (Å²) < 4.78 is 0. The van der Waals surface area contributed by atoms with Crippen LogP contribution < -0.4 is 5.43 Å². The summed E-state index contributed by atoms with van der Waals surface area (Å²) in [7, 11) is 0. The van der Waals surface area contributed by atoms with Gasteiger partial charge >= 0.3 is 0 Å². The van der Waals surface area contributed by atoms with Crippen molar-refractivity contribution in [3.63, 3.8) is 0 Å². The van der Waals surface area contributed by atoms with Crippen LogP contribution in [0.15, 0.2) is 41.5 Å². The molecule has 1 saturated carbocycles. The summed E-state index contributed by atoms with van der Waals surface area (Å²) in [4.78, 5) is 11.4. The van der Waals surface area contributed by atoms with E-state index >= 15 is 0 Å². The van der Waals surface area contributed by atoms with Gasteiger partial charge in [-0.15, -0.1) is 11.3 Å². The molecule has 0 bridgehead atoms. The molecule has 2 heterocycles. The summed E-state index contributed by atoms with van der Waals surface area (Å²) in [5, 5.41) is 5.70. The van der Waals surface area contributed by atoms with Crippen LogP contribution in [-0.2, 0) is 0 Å². The van der Waals surface area contributed by atoms with Crippen LogP contribution in [-0.4, -0.2) is 15.7 Å². The maximum Gasteiger partial charge on any atom is 0.158 e. The summed E-state index contributed by atoms with van der Waals surface area (Å²) >= 11 is 1.70. The third-order valence-corrected chi connectivity index (χ3v) is 5.71. The van der Waals surface area contributed by atoms with Crippen LogP contribution in [0.3, 0.4) is 0 Å². The van der Waals surface area contributed by atoms with Crippen LogP contribution in [0.2, 0.25) is 0 Å². The number of hydrazone groups is 1. The molecule has 1 aliphatic rings. The van der Waals surface area contributed by atoms with E-state index in [-0.39, 0.29) is 0 Å². The molecular formula is C20H22N4S. The lowest BCUT2D eigenvalue weighted by atomic mass is 9.89. The highest BCUT2D eigenvalue weighted by Gasteiger charge is 2.15. The minimum Gasteiger partial charge on any atom is -0.261 e. The molecule has 128 valence electrons. The van der Waals surface area contributed by atoms with E-state index in [0.29, 0.717) is 0 Å². The fourth-order valence-electron chi connectivity index (χ4n) is 3.35. The van der Waals surface area contributed by atoms with Gasteiger partial charge in [-0.3, -0.25) is 5.43 Å². The smallest absolute Gasteiger partial charge is 0.158 e. The molecule has 0 radical (unpaired) electrons. The number of aromatic nitrogens is 2. The number of rotatable bonds is 3. The van der Waals surface area contributed by atoms with Crippen molar-refractivity contribution in [2.45, 2.75) is 39.5 Å². The average Bonchev–Trinajstić information content (AvgIpc) is 3.04. The number of thiophene rings is 1. The standard InChI is InChI=1S/C20H22N4S/c1-13-7-6-10-16(11-13)23-24-19-17-12-18(15-8-4-3-5-9-15)25-20(17)22-14(2)21-19/h3-5,8-9,12-13H,6-7,10-11H2,1-2H3,(H,21,22,24)/b23-16+/t13-/m1/s1. The molecule has 5 heteroatoms. The molecule has 0 saturated heterocycles. The monoisotopic (exact) mass is 350 g/mol. The third-order valence-electron chi connectivity index (χ3n) is 4.63. The van der Waals surface area contributed by atoms with Crippen molar-refractivity contribution in [2.75, 3.05) is 5.43 Å². The molecule has 0 unspecified atom stereocenters. The molecule has 3 aromatic rings. The van der Waals surface area contributed by atoms with Crippen LogP contribution in [0, 0.1) is 12.8 Å². The zero-order chi connectivity index (χ0) is 17.2. The highest BCUT2D eigenvalue weighted by molar-refractivity contribution is 7.21. The number of hydrogen-bond donors (Lipinski definition) is 1. The Morgan fingerprint density at radius 1 is 1.20 bits per heavy atom. The van der Waals surface area contributed by atoms with Gasteiger partial charge in [0.05, 0.1) is 5.39 Å². The first-order valence-electron chi connectivity index (χ1n) is 8.84. The third kappa shape index (κ3) is 3.56. The Labute approximate surface area is 152 Å². The van der Waals surface area contributed by atoms with Gasteiger partial charge in [0, 0.05) is 10.6 Å². The molecule has 1 fully saturated rings. The fraction of sp³-hybridized carbons (Fsp3) is 0.350. The Morgan fingerprint density at radius 3 is 2.84 bits per heavy atom. The van der Waals surface area contributed by atoms with Gasteiger partial charge in [-0.2, -0.15) is 5.10 Å². The second-order valence-electron chi connectivity index (χ2n) is 6.81. The predicted octanol–water partition coefficient (Wildman–Crippen LogP) is 5.64. The minimum atomic E-state index is 0.729. The number of aryl methyl sites for hydroxylation is 1. The average molecular weight is 350 g/mol. The number of nitrogens with zero attached hydrogens (tertiary/aromatic N) is 3. The summed E-state index contributed by atoms with van der Waals surface area (Å²) in [5.41, 5.74) is 5.69. The van der Waals surface area contributed by atoms with Crippen LogP contribution in [0.1, 0.15) is 38.4 Å². The quantitative estimate of drug-likeness (QED) is 0.621. The molecule has 4 nitrogen and oxygen atoms in total. The van der Waals surface area contributed by atoms with E-state index < -0.39 is 0 Å². The van der Waals surface area contributed by atoms with Crippen molar-refractivity contribution in [2.24, 2.45) is 11.0 Å².